The summed E-state index contributed by atoms with van der Waals surface area (Å²) < 4.78 is 35.8. The Morgan fingerprint density at radius 1 is 1.26 bits per heavy atom. The Labute approximate surface area is 155 Å². The van der Waals surface area contributed by atoms with Crippen molar-refractivity contribution in [3.8, 4) is 0 Å². The number of halogens is 1. The maximum Gasteiger partial charge on any atom is 0.374 e. The van der Waals surface area contributed by atoms with E-state index >= 15 is 0 Å². The number of hydrogen-bond donors (Lipinski definition) is 0. The van der Waals surface area contributed by atoms with Gasteiger partial charge in [0.05, 0.1) is 20.1 Å². The van der Waals surface area contributed by atoms with E-state index in [4.69, 9.17) is 9.15 Å². The molecule has 0 fully saturated rings. The zero-order valence-corrected chi connectivity index (χ0v) is 17.2. The molecule has 0 aliphatic heterocycles. The summed E-state index contributed by atoms with van der Waals surface area (Å²) in [6.07, 6.45) is 0. The van der Waals surface area contributed by atoms with Crippen LogP contribution in [0.5, 0.6) is 0 Å². The van der Waals surface area contributed by atoms with Crippen molar-refractivity contribution in [1.82, 2.24) is 4.31 Å². The Kier molecular flexibility index (Phi) is 8.74. The van der Waals surface area contributed by atoms with Gasteiger partial charge in [-0.15, -0.1) is 0 Å². The van der Waals surface area contributed by atoms with Crippen molar-refractivity contribution in [2.45, 2.75) is 18.9 Å². The van der Waals surface area contributed by atoms with E-state index in [2.05, 4.69) is 20.9 Å². The molecule has 0 atom stereocenters. The molecule has 0 radical (unpaired) electrons. The number of hydrogen-bond acceptors (Lipinski definition) is 5. The number of carbonyl (C=O) groups is 1. The Balaban J connectivity index is 0.00000484. The van der Waals surface area contributed by atoms with Crippen molar-refractivity contribution in [2.24, 2.45) is 0 Å². The minimum atomic E-state index is -3.69. The lowest BCUT2D eigenvalue weighted by atomic mass is 10.4. The van der Waals surface area contributed by atoms with Crippen LogP contribution in [-0.4, -0.2) is 70.6 Å². The first-order valence-electron chi connectivity index (χ1n) is 7.19. The molecule has 7 nitrogen and oxygen atoms in total. The molecule has 0 aliphatic carbocycles. The largest absolute Gasteiger partial charge is 1.00 e. The number of rotatable bonds is 8. The van der Waals surface area contributed by atoms with Crippen LogP contribution in [0.15, 0.2) is 21.6 Å². The number of esters is 1. The fourth-order valence-corrected chi connectivity index (χ4v) is 2.51. The van der Waals surface area contributed by atoms with Crippen LogP contribution in [-0.2, 0) is 14.8 Å². The number of quaternary nitrogens is 1. The Morgan fingerprint density at radius 2 is 1.83 bits per heavy atom. The zero-order valence-electron chi connectivity index (χ0n) is 14.2. The first-order chi connectivity index (χ1) is 10.2. The van der Waals surface area contributed by atoms with Gasteiger partial charge in [-0.25, -0.2) is 17.5 Å². The number of carbonyl (C=O) groups excluding carboxylic acids is 1. The average molecular weight is 460 g/mol. The molecule has 0 N–H and O–H groups in total. The molecular formula is C14H25IN2O5S. The quantitative estimate of drug-likeness (QED) is 0.260. The van der Waals surface area contributed by atoms with Gasteiger partial charge in [-0.05, 0) is 26.0 Å². The van der Waals surface area contributed by atoms with Gasteiger partial charge in [0.15, 0.2) is 0 Å². The van der Waals surface area contributed by atoms with Crippen LogP contribution in [0.1, 0.15) is 24.4 Å². The summed E-state index contributed by atoms with van der Waals surface area (Å²) in [5.74, 6) is -0.762. The van der Waals surface area contributed by atoms with Crippen molar-refractivity contribution < 1.29 is 50.8 Å². The maximum absolute atomic E-state index is 11.9. The third-order valence-corrected chi connectivity index (χ3v) is 5.60. The highest BCUT2D eigenvalue weighted by atomic mass is 127. The van der Waals surface area contributed by atoms with E-state index in [0.717, 1.165) is 21.9 Å². The third kappa shape index (κ3) is 5.73. The second-order valence-electron chi connectivity index (χ2n) is 5.52. The second-order valence-corrected chi connectivity index (χ2v) is 7.60. The van der Waals surface area contributed by atoms with Gasteiger partial charge in [0, 0.05) is 14.1 Å². The second kappa shape index (κ2) is 9.00. The lowest BCUT2D eigenvalue weighted by molar-refractivity contribution is -0.906. The maximum atomic E-state index is 11.9. The van der Waals surface area contributed by atoms with Crippen molar-refractivity contribution >= 4 is 16.0 Å². The van der Waals surface area contributed by atoms with E-state index in [0.29, 0.717) is 6.54 Å². The zero-order chi connectivity index (χ0) is 17.0. The highest BCUT2D eigenvalue weighted by Crippen LogP contribution is 2.17. The molecule has 0 bridgehead atoms. The van der Waals surface area contributed by atoms with Gasteiger partial charge in [-0.3, -0.25) is 0 Å². The van der Waals surface area contributed by atoms with Crippen LogP contribution < -0.4 is 24.0 Å². The predicted octanol–water partition coefficient (Wildman–Crippen LogP) is -1.82. The summed E-state index contributed by atoms with van der Waals surface area (Å²) in [5.41, 5.74) is 0. The lowest BCUT2D eigenvalue weighted by Crippen LogP contribution is -3.00. The normalized spacial score (nSPS) is 12.1. The van der Waals surface area contributed by atoms with Gasteiger partial charge in [0.2, 0.25) is 10.9 Å². The van der Waals surface area contributed by atoms with E-state index in [-0.39, 0.29) is 41.4 Å². The molecule has 9 heteroatoms. The van der Waals surface area contributed by atoms with Crippen molar-refractivity contribution in [3.63, 3.8) is 0 Å². The molecule has 0 amide bonds. The van der Waals surface area contributed by atoms with Crippen LogP contribution in [0.25, 0.3) is 0 Å². The molecular weight excluding hydrogens is 435 g/mol. The number of ether oxygens (including phenoxy) is 1. The highest BCUT2D eigenvalue weighted by molar-refractivity contribution is 7.88. The average Bonchev–Trinajstić information content (AvgIpc) is 2.97. The summed E-state index contributed by atoms with van der Waals surface area (Å²) in [6.45, 7) is 7.00. The summed E-state index contributed by atoms with van der Waals surface area (Å²) in [4.78, 5) is 11.9. The smallest absolute Gasteiger partial charge is 0.374 e. The van der Waals surface area contributed by atoms with E-state index in [9.17, 15) is 13.2 Å². The SMILES string of the molecule is CC[N+](C)(CC)CCOC(=O)c1ccc(S(=O)(=O)N(C)C)o1.[I-]. The van der Waals surface area contributed by atoms with Crippen LogP contribution in [0, 0.1) is 0 Å². The van der Waals surface area contributed by atoms with Crippen LogP contribution in [0.4, 0.5) is 0 Å². The number of likely N-dealkylation sites (N-methyl/N-ethyl adjacent to an activating group) is 1. The fourth-order valence-electron chi connectivity index (χ4n) is 1.72. The molecule has 1 aromatic rings. The van der Waals surface area contributed by atoms with E-state index < -0.39 is 16.0 Å². The number of furan rings is 1. The number of sulfonamides is 1. The molecule has 1 aromatic heterocycles. The first-order valence-corrected chi connectivity index (χ1v) is 8.63. The summed E-state index contributed by atoms with van der Waals surface area (Å²) >= 11 is 0. The summed E-state index contributed by atoms with van der Waals surface area (Å²) in [6, 6.07) is 2.57. The first kappa shape index (κ1) is 22.4. The van der Waals surface area contributed by atoms with Gasteiger partial charge in [-0.1, -0.05) is 0 Å². The predicted molar refractivity (Wildman–Crippen MR) is 82.0 cm³/mol. The van der Waals surface area contributed by atoms with Crippen molar-refractivity contribution in [3.05, 3.63) is 17.9 Å². The lowest BCUT2D eigenvalue weighted by Gasteiger charge is -2.31. The van der Waals surface area contributed by atoms with E-state index in [1.165, 1.54) is 26.2 Å². The van der Waals surface area contributed by atoms with Crippen molar-refractivity contribution in [2.75, 3.05) is 47.4 Å². The van der Waals surface area contributed by atoms with Crippen molar-refractivity contribution in [1.29, 1.82) is 0 Å². The monoisotopic (exact) mass is 460 g/mol. The Morgan fingerprint density at radius 3 is 2.30 bits per heavy atom. The van der Waals surface area contributed by atoms with Crippen LogP contribution >= 0.6 is 0 Å². The molecule has 0 saturated carbocycles. The standard InChI is InChI=1S/C14H25N2O5S.HI/c1-6-16(5,7-2)10-11-20-14(17)12-8-9-13(21-12)22(18,19)15(3)4;/h8-9H,6-7,10-11H2,1-5H3;1H/q+1;/p-1. The molecule has 1 heterocycles. The Hall–Kier alpha value is -0.650. The van der Waals surface area contributed by atoms with Crippen LogP contribution in [0.3, 0.4) is 0 Å². The molecule has 0 aliphatic rings. The molecule has 134 valence electrons. The fraction of sp³-hybridized carbons (Fsp3) is 0.643. The number of nitrogens with zero attached hydrogens (tertiary/aromatic N) is 2. The topological polar surface area (TPSA) is 76.8 Å². The molecule has 1 rings (SSSR count). The molecule has 23 heavy (non-hydrogen) atoms. The van der Waals surface area contributed by atoms with E-state index in [1.807, 2.05) is 0 Å². The molecule has 0 spiro atoms. The minimum absolute atomic E-state index is 0. The highest BCUT2D eigenvalue weighted by Gasteiger charge is 2.24. The summed E-state index contributed by atoms with van der Waals surface area (Å²) in [7, 11) is 1.19. The third-order valence-electron chi connectivity index (χ3n) is 3.91. The molecule has 0 unspecified atom stereocenters. The summed E-state index contributed by atoms with van der Waals surface area (Å²) in [5, 5.41) is -0.271. The van der Waals surface area contributed by atoms with Gasteiger partial charge in [0.25, 0.3) is 10.0 Å². The van der Waals surface area contributed by atoms with Gasteiger partial charge in [0.1, 0.15) is 13.2 Å². The minimum Gasteiger partial charge on any atom is -1.00 e. The van der Waals surface area contributed by atoms with Crippen LogP contribution in [0.2, 0.25) is 0 Å². The van der Waals surface area contributed by atoms with E-state index in [1.54, 1.807) is 0 Å². The molecule has 0 aromatic carbocycles. The Bertz CT molecular complexity index is 608. The van der Waals surface area contributed by atoms with Gasteiger partial charge in [-0.2, -0.15) is 0 Å². The van der Waals surface area contributed by atoms with Gasteiger partial charge >= 0.3 is 5.97 Å². The van der Waals surface area contributed by atoms with Gasteiger partial charge < -0.3 is 37.6 Å². The molecule has 0 saturated heterocycles.